The average Bonchev–Trinajstić information content (AvgIpc) is 2.13. The monoisotopic (exact) mass is 214 g/mol. The first kappa shape index (κ1) is 12.9. The maximum Gasteiger partial charge on any atom is 0.0678 e. The number of nitrogens with zero attached hydrogens (tertiary/aromatic N) is 1. The second kappa shape index (κ2) is 6.46. The lowest BCUT2D eigenvalue weighted by atomic mass is 10.2. The van der Waals surface area contributed by atoms with E-state index in [2.05, 4.69) is 37.9 Å². The van der Waals surface area contributed by atoms with Crippen LogP contribution in [0.5, 0.6) is 0 Å². The van der Waals surface area contributed by atoms with E-state index in [9.17, 15) is 0 Å². The number of nitrogens with one attached hydrogen (secondary N) is 1. The molecule has 0 aliphatic carbocycles. The lowest BCUT2D eigenvalue weighted by molar-refractivity contribution is -0.0694. The molecule has 3 heteroatoms. The van der Waals surface area contributed by atoms with Gasteiger partial charge in [-0.2, -0.15) is 0 Å². The van der Waals surface area contributed by atoms with Crippen LogP contribution in [0.1, 0.15) is 34.1 Å². The molecule has 0 aromatic rings. The predicted octanol–water partition coefficient (Wildman–Crippen LogP) is 1.48. The SMILES string of the molecule is CCCNC(C)CN1CC(C)OC(C)C1. The van der Waals surface area contributed by atoms with Gasteiger partial charge in [0.2, 0.25) is 0 Å². The van der Waals surface area contributed by atoms with Gasteiger partial charge in [-0.05, 0) is 33.7 Å². The normalized spacial score (nSPS) is 30.4. The highest BCUT2D eigenvalue weighted by Crippen LogP contribution is 2.10. The Labute approximate surface area is 94.2 Å². The van der Waals surface area contributed by atoms with Crippen molar-refractivity contribution in [1.82, 2.24) is 10.2 Å². The molecule has 0 aromatic heterocycles. The van der Waals surface area contributed by atoms with Crippen molar-refractivity contribution in [2.24, 2.45) is 0 Å². The molecule has 1 fully saturated rings. The molecular weight excluding hydrogens is 188 g/mol. The summed E-state index contributed by atoms with van der Waals surface area (Å²) in [4.78, 5) is 2.51. The van der Waals surface area contributed by atoms with Crippen molar-refractivity contribution in [1.29, 1.82) is 0 Å². The quantitative estimate of drug-likeness (QED) is 0.750. The predicted molar refractivity (Wildman–Crippen MR) is 64.2 cm³/mol. The van der Waals surface area contributed by atoms with E-state index in [-0.39, 0.29) is 0 Å². The third-order valence-electron chi connectivity index (χ3n) is 2.77. The summed E-state index contributed by atoms with van der Waals surface area (Å²) in [7, 11) is 0. The second-order valence-corrected chi connectivity index (χ2v) is 4.83. The molecule has 1 saturated heterocycles. The van der Waals surface area contributed by atoms with Gasteiger partial charge in [0.05, 0.1) is 12.2 Å². The highest BCUT2D eigenvalue weighted by atomic mass is 16.5. The Hall–Kier alpha value is -0.120. The molecule has 1 aliphatic rings. The van der Waals surface area contributed by atoms with Crippen LogP contribution < -0.4 is 5.32 Å². The first-order valence-corrected chi connectivity index (χ1v) is 6.23. The lowest BCUT2D eigenvalue weighted by Crippen LogP contribution is -2.49. The molecule has 0 saturated carbocycles. The molecule has 3 unspecified atom stereocenters. The highest BCUT2D eigenvalue weighted by molar-refractivity contribution is 4.76. The molecule has 1 N–H and O–H groups in total. The van der Waals surface area contributed by atoms with Crippen molar-refractivity contribution in [3.8, 4) is 0 Å². The van der Waals surface area contributed by atoms with Gasteiger partial charge in [-0.25, -0.2) is 0 Å². The van der Waals surface area contributed by atoms with Crippen LogP contribution >= 0.6 is 0 Å². The Morgan fingerprint density at radius 2 is 1.93 bits per heavy atom. The van der Waals surface area contributed by atoms with Crippen molar-refractivity contribution >= 4 is 0 Å². The zero-order valence-corrected chi connectivity index (χ0v) is 10.6. The summed E-state index contributed by atoms with van der Waals surface area (Å²) < 4.78 is 5.72. The molecule has 15 heavy (non-hydrogen) atoms. The van der Waals surface area contributed by atoms with Gasteiger partial charge in [0, 0.05) is 25.7 Å². The molecule has 0 spiro atoms. The highest BCUT2D eigenvalue weighted by Gasteiger charge is 2.22. The molecule has 0 bridgehead atoms. The van der Waals surface area contributed by atoms with E-state index in [0.717, 1.165) is 26.2 Å². The van der Waals surface area contributed by atoms with E-state index in [1.807, 2.05) is 0 Å². The van der Waals surface area contributed by atoms with Crippen molar-refractivity contribution in [2.45, 2.75) is 52.4 Å². The fraction of sp³-hybridized carbons (Fsp3) is 1.00. The topological polar surface area (TPSA) is 24.5 Å². The van der Waals surface area contributed by atoms with Crippen LogP contribution in [-0.2, 0) is 4.74 Å². The van der Waals surface area contributed by atoms with E-state index < -0.39 is 0 Å². The molecular formula is C12H26N2O. The number of ether oxygens (including phenoxy) is 1. The number of morpholine rings is 1. The Balaban J connectivity index is 2.24. The Kier molecular flexibility index (Phi) is 5.58. The second-order valence-electron chi connectivity index (χ2n) is 4.83. The molecule has 1 heterocycles. The minimum absolute atomic E-state index is 0.382. The Bertz CT molecular complexity index is 165. The van der Waals surface area contributed by atoms with Crippen molar-refractivity contribution < 1.29 is 4.74 Å². The van der Waals surface area contributed by atoms with E-state index >= 15 is 0 Å². The van der Waals surface area contributed by atoms with Crippen molar-refractivity contribution in [2.75, 3.05) is 26.2 Å². The van der Waals surface area contributed by atoms with E-state index in [1.165, 1.54) is 6.42 Å². The molecule has 3 nitrogen and oxygen atoms in total. The summed E-state index contributed by atoms with van der Waals surface area (Å²) >= 11 is 0. The minimum Gasteiger partial charge on any atom is -0.373 e. The van der Waals surface area contributed by atoms with Gasteiger partial charge in [-0.3, -0.25) is 4.90 Å². The maximum absolute atomic E-state index is 5.72. The molecule has 1 aliphatic heterocycles. The summed E-state index contributed by atoms with van der Waals surface area (Å²) in [5.74, 6) is 0. The van der Waals surface area contributed by atoms with Gasteiger partial charge in [0.25, 0.3) is 0 Å². The maximum atomic E-state index is 5.72. The van der Waals surface area contributed by atoms with Gasteiger partial charge < -0.3 is 10.1 Å². The van der Waals surface area contributed by atoms with Gasteiger partial charge in [0.15, 0.2) is 0 Å². The van der Waals surface area contributed by atoms with E-state index in [0.29, 0.717) is 18.2 Å². The fourth-order valence-electron chi connectivity index (χ4n) is 2.28. The molecule has 0 aromatic carbocycles. The van der Waals surface area contributed by atoms with E-state index in [1.54, 1.807) is 0 Å². The first-order valence-electron chi connectivity index (χ1n) is 6.23. The van der Waals surface area contributed by atoms with Crippen LogP contribution in [0.25, 0.3) is 0 Å². The molecule has 90 valence electrons. The molecule has 1 rings (SSSR count). The summed E-state index contributed by atoms with van der Waals surface area (Å²) in [6, 6.07) is 0.586. The van der Waals surface area contributed by atoms with Crippen LogP contribution in [0.3, 0.4) is 0 Å². The van der Waals surface area contributed by atoms with E-state index in [4.69, 9.17) is 4.74 Å². The zero-order chi connectivity index (χ0) is 11.3. The standard InChI is InChI=1S/C12H26N2O/c1-5-6-13-10(2)7-14-8-11(3)15-12(4)9-14/h10-13H,5-9H2,1-4H3. The molecule has 0 amide bonds. The van der Waals surface area contributed by atoms with Crippen LogP contribution in [0, 0.1) is 0 Å². The third kappa shape index (κ3) is 4.96. The van der Waals surface area contributed by atoms with Gasteiger partial charge in [0.1, 0.15) is 0 Å². The summed E-state index contributed by atoms with van der Waals surface area (Å²) in [6.07, 6.45) is 1.97. The van der Waals surface area contributed by atoms with Gasteiger partial charge in [-0.15, -0.1) is 0 Å². The first-order chi connectivity index (χ1) is 7.11. The summed E-state index contributed by atoms with van der Waals surface area (Å²) in [5.41, 5.74) is 0. The minimum atomic E-state index is 0.382. The van der Waals surface area contributed by atoms with Crippen LogP contribution in [0.15, 0.2) is 0 Å². The third-order valence-corrected chi connectivity index (χ3v) is 2.77. The van der Waals surface area contributed by atoms with Crippen molar-refractivity contribution in [3.63, 3.8) is 0 Å². The molecule has 3 atom stereocenters. The average molecular weight is 214 g/mol. The van der Waals surface area contributed by atoms with Crippen LogP contribution in [-0.4, -0.2) is 49.3 Å². The fourth-order valence-corrected chi connectivity index (χ4v) is 2.28. The largest absolute Gasteiger partial charge is 0.373 e. The van der Waals surface area contributed by atoms with Crippen molar-refractivity contribution in [3.05, 3.63) is 0 Å². The Morgan fingerprint density at radius 1 is 1.33 bits per heavy atom. The summed E-state index contributed by atoms with van der Waals surface area (Å²) in [6.45, 7) is 13.2. The molecule has 0 radical (unpaired) electrons. The van der Waals surface area contributed by atoms with Gasteiger partial charge in [-0.1, -0.05) is 6.92 Å². The lowest BCUT2D eigenvalue weighted by Gasteiger charge is -2.36. The van der Waals surface area contributed by atoms with Crippen LogP contribution in [0.4, 0.5) is 0 Å². The number of hydrogen-bond acceptors (Lipinski definition) is 3. The smallest absolute Gasteiger partial charge is 0.0678 e. The number of hydrogen-bond donors (Lipinski definition) is 1. The van der Waals surface area contributed by atoms with Gasteiger partial charge >= 0.3 is 0 Å². The van der Waals surface area contributed by atoms with Crippen LogP contribution in [0.2, 0.25) is 0 Å². The summed E-state index contributed by atoms with van der Waals surface area (Å²) in [5, 5.41) is 3.53. The number of rotatable bonds is 5. The Morgan fingerprint density at radius 3 is 2.47 bits per heavy atom. The zero-order valence-electron chi connectivity index (χ0n) is 10.6.